The molecule has 1 aliphatic rings. The summed E-state index contributed by atoms with van der Waals surface area (Å²) < 4.78 is 6.67. The Labute approximate surface area is 166 Å². The van der Waals surface area contributed by atoms with E-state index in [-0.39, 0.29) is 17.8 Å². The first-order valence-corrected chi connectivity index (χ1v) is 10.2. The number of hydrogen-bond acceptors (Lipinski definition) is 6. The van der Waals surface area contributed by atoms with Crippen LogP contribution in [0.1, 0.15) is 33.8 Å². The molecule has 1 aliphatic heterocycles. The van der Waals surface area contributed by atoms with Crippen LogP contribution < -0.4 is 0 Å². The largest absolute Gasteiger partial charge is 0.469 e. The summed E-state index contributed by atoms with van der Waals surface area (Å²) in [6.45, 7) is 3.62. The van der Waals surface area contributed by atoms with Gasteiger partial charge in [-0.3, -0.25) is 9.59 Å². The van der Waals surface area contributed by atoms with Crippen molar-refractivity contribution >= 4 is 34.2 Å². The normalized spacial score (nSPS) is 15.1. The monoisotopic (exact) mass is 398 g/mol. The standard InChI is InChI=1S/C20H22N4O3S/c1-13-10-16(19(25)23-7-5-14(6-8-23)20(26)27-2)17-11-21-24(18(17)22-13)12-15-4-3-9-28-15/h3-4,9-11,14H,5-8,12H2,1-2H3. The number of carbonyl (C=O) groups is 2. The Bertz CT molecular complexity index is 1000. The minimum atomic E-state index is -0.191. The lowest BCUT2D eigenvalue weighted by molar-refractivity contribution is -0.146. The Kier molecular flexibility index (Phi) is 5.13. The minimum absolute atomic E-state index is 0.0329. The van der Waals surface area contributed by atoms with Crippen molar-refractivity contribution in [1.82, 2.24) is 19.7 Å². The van der Waals surface area contributed by atoms with Crippen LogP contribution in [0.2, 0.25) is 0 Å². The number of rotatable bonds is 4. The molecular weight excluding hydrogens is 376 g/mol. The van der Waals surface area contributed by atoms with Gasteiger partial charge in [0.2, 0.25) is 0 Å². The van der Waals surface area contributed by atoms with Crippen LogP contribution in [0.15, 0.2) is 29.8 Å². The molecular formula is C20H22N4O3S. The number of amides is 1. The number of esters is 1. The number of likely N-dealkylation sites (tertiary alicyclic amines) is 1. The van der Waals surface area contributed by atoms with Gasteiger partial charge in [0, 0.05) is 23.7 Å². The summed E-state index contributed by atoms with van der Waals surface area (Å²) in [5, 5.41) is 7.28. The maximum absolute atomic E-state index is 13.2. The quantitative estimate of drug-likeness (QED) is 0.632. The summed E-state index contributed by atoms with van der Waals surface area (Å²) in [6, 6.07) is 5.90. The van der Waals surface area contributed by atoms with E-state index in [4.69, 9.17) is 4.74 Å². The second kappa shape index (κ2) is 7.71. The highest BCUT2D eigenvalue weighted by atomic mass is 32.1. The average molecular weight is 398 g/mol. The topological polar surface area (TPSA) is 77.3 Å². The van der Waals surface area contributed by atoms with Crippen molar-refractivity contribution in [3.05, 3.63) is 45.9 Å². The molecule has 146 valence electrons. The number of nitrogens with zero attached hydrogens (tertiary/aromatic N) is 4. The van der Waals surface area contributed by atoms with E-state index in [2.05, 4.69) is 16.1 Å². The summed E-state index contributed by atoms with van der Waals surface area (Å²) in [7, 11) is 1.41. The van der Waals surface area contributed by atoms with E-state index in [1.165, 1.54) is 12.0 Å². The Hall–Kier alpha value is -2.74. The molecule has 0 aliphatic carbocycles. The van der Waals surface area contributed by atoms with Crippen LogP contribution >= 0.6 is 11.3 Å². The van der Waals surface area contributed by atoms with Gasteiger partial charge >= 0.3 is 5.97 Å². The van der Waals surface area contributed by atoms with Gasteiger partial charge < -0.3 is 9.64 Å². The maximum atomic E-state index is 13.2. The highest BCUT2D eigenvalue weighted by Crippen LogP contribution is 2.25. The number of methoxy groups -OCH3 is 1. The Morgan fingerprint density at radius 2 is 2.11 bits per heavy atom. The van der Waals surface area contributed by atoms with Crippen molar-refractivity contribution in [2.45, 2.75) is 26.3 Å². The van der Waals surface area contributed by atoms with E-state index in [1.54, 1.807) is 17.5 Å². The molecule has 3 aromatic rings. The Morgan fingerprint density at radius 1 is 1.32 bits per heavy atom. The lowest BCUT2D eigenvalue weighted by Gasteiger charge is -2.30. The predicted octanol–water partition coefficient (Wildman–Crippen LogP) is 2.87. The summed E-state index contributed by atoms with van der Waals surface area (Å²) >= 11 is 1.67. The number of ether oxygens (including phenoxy) is 1. The molecule has 0 N–H and O–H groups in total. The second-order valence-corrected chi connectivity index (χ2v) is 8.05. The van der Waals surface area contributed by atoms with Crippen molar-refractivity contribution in [3.8, 4) is 0 Å². The first-order valence-electron chi connectivity index (χ1n) is 9.29. The third-order valence-corrected chi connectivity index (χ3v) is 6.03. The number of piperidine rings is 1. The van der Waals surface area contributed by atoms with Crippen molar-refractivity contribution in [2.24, 2.45) is 5.92 Å². The number of thiophene rings is 1. The van der Waals surface area contributed by atoms with Crippen LogP contribution in [0.25, 0.3) is 11.0 Å². The summed E-state index contributed by atoms with van der Waals surface area (Å²) in [6.07, 6.45) is 2.98. The number of carbonyl (C=O) groups excluding carboxylic acids is 2. The molecule has 8 heteroatoms. The van der Waals surface area contributed by atoms with E-state index < -0.39 is 0 Å². The highest BCUT2D eigenvalue weighted by Gasteiger charge is 2.29. The first kappa shape index (κ1) is 18.6. The number of aromatic nitrogens is 3. The minimum Gasteiger partial charge on any atom is -0.469 e. The fourth-order valence-corrected chi connectivity index (χ4v) is 4.36. The number of pyridine rings is 1. The van der Waals surface area contributed by atoms with Gasteiger partial charge in [0.05, 0.1) is 36.7 Å². The van der Waals surface area contributed by atoms with E-state index >= 15 is 0 Å². The van der Waals surface area contributed by atoms with Crippen LogP contribution in [0.3, 0.4) is 0 Å². The molecule has 7 nitrogen and oxygen atoms in total. The summed E-state index contributed by atoms with van der Waals surface area (Å²) in [5.74, 6) is -0.347. The van der Waals surface area contributed by atoms with Gasteiger partial charge in [0.25, 0.3) is 5.91 Å². The van der Waals surface area contributed by atoms with Crippen LogP contribution in [-0.2, 0) is 16.1 Å². The number of hydrogen-bond donors (Lipinski definition) is 0. The van der Waals surface area contributed by atoms with Gasteiger partial charge in [-0.2, -0.15) is 5.10 Å². The lowest BCUT2D eigenvalue weighted by Crippen LogP contribution is -2.40. The second-order valence-electron chi connectivity index (χ2n) is 7.02. The molecule has 0 saturated carbocycles. The molecule has 1 amide bonds. The van der Waals surface area contributed by atoms with Gasteiger partial charge in [-0.05, 0) is 37.3 Å². The molecule has 0 aromatic carbocycles. The van der Waals surface area contributed by atoms with Crippen LogP contribution in [0, 0.1) is 12.8 Å². The zero-order valence-electron chi connectivity index (χ0n) is 15.9. The average Bonchev–Trinajstić information content (AvgIpc) is 3.37. The van der Waals surface area contributed by atoms with Gasteiger partial charge in [-0.25, -0.2) is 9.67 Å². The van der Waals surface area contributed by atoms with Gasteiger partial charge in [-0.15, -0.1) is 11.3 Å². The highest BCUT2D eigenvalue weighted by molar-refractivity contribution is 7.09. The SMILES string of the molecule is COC(=O)C1CCN(C(=O)c2cc(C)nc3c2cnn3Cc2cccs2)CC1. The van der Waals surface area contributed by atoms with Crippen LogP contribution in [-0.4, -0.2) is 51.7 Å². The zero-order valence-corrected chi connectivity index (χ0v) is 16.7. The van der Waals surface area contributed by atoms with Gasteiger partial charge in [0.15, 0.2) is 5.65 Å². The molecule has 0 unspecified atom stereocenters. The molecule has 3 aromatic heterocycles. The third-order valence-electron chi connectivity index (χ3n) is 5.17. The smallest absolute Gasteiger partial charge is 0.308 e. The van der Waals surface area contributed by atoms with Crippen LogP contribution in [0.5, 0.6) is 0 Å². The molecule has 1 saturated heterocycles. The molecule has 4 heterocycles. The molecule has 28 heavy (non-hydrogen) atoms. The van der Waals surface area contributed by atoms with Crippen LogP contribution in [0.4, 0.5) is 0 Å². The molecule has 0 bridgehead atoms. The third kappa shape index (κ3) is 3.52. The molecule has 0 spiro atoms. The molecule has 4 rings (SSSR count). The van der Waals surface area contributed by atoms with E-state index in [0.717, 1.165) is 16.7 Å². The lowest BCUT2D eigenvalue weighted by atomic mass is 9.96. The fraction of sp³-hybridized carbons (Fsp3) is 0.400. The Balaban J connectivity index is 1.59. The van der Waals surface area contributed by atoms with Crippen molar-refractivity contribution < 1.29 is 14.3 Å². The maximum Gasteiger partial charge on any atom is 0.308 e. The van der Waals surface area contributed by atoms with Gasteiger partial charge in [0.1, 0.15) is 0 Å². The molecule has 1 fully saturated rings. The van der Waals surface area contributed by atoms with Crippen molar-refractivity contribution in [2.75, 3.05) is 20.2 Å². The fourth-order valence-electron chi connectivity index (χ4n) is 3.67. The molecule has 0 radical (unpaired) electrons. The summed E-state index contributed by atoms with van der Waals surface area (Å²) in [4.78, 5) is 32.5. The Morgan fingerprint density at radius 3 is 2.79 bits per heavy atom. The number of aryl methyl sites for hydroxylation is 1. The number of fused-ring (bicyclic) bond motifs is 1. The first-order chi connectivity index (χ1) is 13.6. The van der Waals surface area contributed by atoms with E-state index in [1.807, 2.05) is 34.0 Å². The van der Waals surface area contributed by atoms with Crippen molar-refractivity contribution in [3.63, 3.8) is 0 Å². The predicted molar refractivity (Wildman–Crippen MR) is 106 cm³/mol. The van der Waals surface area contributed by atoms with E-state index in [0.29, 0.717) is 38.0 Å². The van der Waals surface area contributed by atoms with Gasteiger partial charge in [-0.1, -0.05) is 6.07 Å². The van der Waals surface area contributed by atoms with Crippen molar-refractivity contribution in [1.29, 1.82) is 0 Å². The molecule has 0 atom stereocenters. The zero-order chi connectivity index (χ0) is 19.7. The van der Waals surface area contributed by atoms with E-state index in [9.17, 15) is 9.59 Å². The summed E-state index contributed by atoms with van der Waals surface area (Å²) in [5.41, 5.74) is 2.13.